The SMILES string of the molecule is Cc1cc(C)n2cc(CN3CCNC[C@@H]3C)nc2n1. The first kappa shape index (κ1) is 12.6. The van der Waals surface area contributed by atoms with E-state index in [1.807, 2.05) is 6.92 Å². The van der Waals surface area contributed by atoms with Gasteiger partial charge in [0.05, 0.1) is 5.69 Å². The van der Waals surface area contributed by atoms with Crippen molar-refractivity contribution in [3.63, 3.8) is 0 Å². The van der Waals surface area contributed by atoms with Gasteiger partial charge in [0, 0.05) is 49.8 Å². The first-order chi connectivity index (χ1) is 9.13. The maximum absolute atomic E-state index is 4.65. The van der Waals surface area contributed by atoms with Gasteiger partial charge in [0.1, 0.15) is 0 Å². The first-order valence-electron chi connectivity index (χ1n) is 6.90. The second-order valence-corrected chi connectivity index (χ2v) is 5.46. The zero-order valence-electron chi connectivity index (χ0n) is 11.8. The van der Waals surface area contributed by atoms with Gasteiger partial charge in [0.15, 0.2) is 0 Å². The van der Waals surface area contributed by atoms with Gasteiger partial charge in [-0.1, -0.05) is 0 Å². The van der Waals surface area contributed by atoms with Crippen molar-refractivity contribution >= 4 is 5.78 Å². The molecule has 0 saturated carbocycles. The van der Waals surface area contributed by atoms with Crippen LogP contribution in [0.15, 0.2) is 12.3 Å². The summed E-state index contributed by atoms with van der Waals surface area (Å²) in [5.74, 6) is 0.815. The minimum Gasteiger partial charge on any atom is -0.314 e. The molecule has 0 aliphatic carbocycles. The van der Waals surface area contributed by atoms with Crippen LogP contribution in [-0.4, -0.2) is 44.9 Å². The number of fused-ring (bicyclic) bond motifs is 1. The van der Waals surface area contributed by atoms with Gasteiger partial charge in [-0.25, -0.2) is 9.97 Å². The van der Waals surface area contributed by atoms with E-state index < -0.39 is 0 Å². The maximum atomic E-state index is 4.65. The smallest absolute Gasteiger partial charge is 0.234 e. The third kappa shape index (κ3) is 2.48. The predicted octanol–water partition coefficient (Wildman–Crippen LogP) is 1.14. The van der Waals surface area contributed by atoms with Gasteiger partial charge in [0.2, 0.25) is 5.78 Å². The highest BCUT2D eigenvalue weighted by molar-refractivity contribution is 5.34. The summed E-state index contributed by atoms with van der Waals surface area (Å²) in [5.41, 5.74) is 3.32. The van der Waals surface area contributed by atoms with Crippen LogP contribution >= 0.6 is 0 Å². The molecule has 3 rings (SSSR count). The average Bonchev–Trinajstić information content (AvgIpc) is 2.75. The summed E-state index contributed by atoms with van der Waals surface area (Å²) >= 11 is 0. The standard InChI is InChI=1S/C14H21N5/c1-10-6-11(2)19-9-13(17-14(19)16-10)8-18-5-4-15-7-12(18)3/h6,9,12,15H,4-5,7-8H2,1-3H3/t12-/m0/s1. The summed E-state index contributed by atoms with van der Waals surface area (Å²) in [7, 11) is 0. The van der Waals surface area contributed by atoms with Crippen molar-refractivity contribution in [3.8, 4) is 0 Å². The van der Waals surface area contributed by atoms with E-state index in [-0.39, 0.29) is 0 Å². The van der Waals surface area contributed by atoms with Crippen LogP contribution in [0.25, 0.3) is 5.78 Å². The van der Waals surface area contributed by atoms with Crippen LogP contribution in [0, 0.1) is 13.8 Å². The first-order valence-corrected chi connectivity index (χ1v) is 6.90. The van der Waals surface area contributed by atoms with E-state index in [1.54, 1.807) is 0 Å². The summed E-state index contributed by atoms with van der Waals surface area (Å²) in [5, 5.41) is 3.41. The minimum absolute atomic E-state index is 0.564. The van der Waals surface area contributed by atoms with Crippen molar-refractivity contribution in [2.45, 2.75) is 33.4 Å². The fraction of sp³-hybridized carbons (Fsp3) is 0.571. The molecule has 1 atom stereocenters. The number of piperazine rings is 1. The van der Waals surface area contributed by atoms with Crippen LogP contribution in [0.4, 0.5) is 0 Å². The normalized spacial score (nSPS) is 21.1. The Hall–Kier alpha value is -1.46. The third-order valence-corrected chi connectivity index (χ3v) is 3.82. The molecule has 5 nitrogen and oxygen atoms in total. The van der Waals surface area contributed by atoms with Crippen LogP contribution < -0.4 is 5.32 Å². The number of hydrogen-bond donors (Lipinski definition) is 1. The molecule has 3 heterocycles. The molecule has 1 aliphatic rings. The molecule has 1 fully saturated rings. The van der Waals surface area contributed by atoms with Crippen molar-refractivity contribution in [2.75, 3.05) is 19.6 Å². The van der Waals surface area contributed by atoms with Gasteiger partial charge in [-0.2, -0.15) is 0 Å². The molecule has 19 heavy (non-hydrogen) atoms. The van der Waals surface area contributed by atoms with Crippen LogP contribution in [0.3, 0.4) is 0 Å². The van der Waals surface area contributed by atoms with Crippen molar-refractivity contribution in [1.29, 1.82) is 0 Å². The lowest BCUT2D eigenvalue weighted by molar-refractivity contribution is 0.164. The Balaban J connectivity index is 1.87. The summed E-state index contributed by atoms with van der Waals surface area (Å²) < 4.78 is 2.08. The van der Waals surface area contributed by atoms with Gasteiger partial charge in [-0.3, -0.25) is 9.30 Å². The lowest BCUT2D eigenvalue weighted by atomic mass is 10.2. The molecule has 1 saturated heterocycles. The molecule has 1 N–H and O–H groups in total. The van der Waals surface area contributed by atoms with E-state index in [0.717, 1.165) is 43.3 Å². The Kier molecular flexibility index (Phi) is 3.24. The summed E-state index contributed by atoms with van der Waals surface area (Å²) in [6, 6.07) is 2.65. The highest BCUT2D eigenvalue weighted by Gasteiger charge is 2.19. The molecule has 2 aromatic rings. The van der Waals surface area contributed by atoms with Gasteiger partial charge >= 0.3 is 0 Å². The Morgan fingerprint density at radius 2 is 2.21 bits per heavy atom. The second kappa shape index (κ2) is 4.90. The minimum atomic E-state index is 0.564. The third-order valence-electron chi connectivity index (χ3n) is 3.82. The van der Waals surface area contributed by atoms with Gasteiger partial charge in [-0.05, 0) is 26.8 Å². The summed E-state index contributed by atoms with van der Waals surface area (Å²) in [6.45, 7) is 10.5. The molecular weight excluding hydrogens is 238 g/mol. The van der Waals surface area contributed by atoms with Crippen molar-refractivity contribution in [1.82, 2.24) is 24.6 Å². The molecule has 1 aliphatic heterocycles. The fourth-order valence-electron chi connectivity index (χ4n) is 2.72. The number of aryl methyl sites for hydroxylation is 2. The zero-order chi connectivity index (χ0) is 13.4. The Labute approximate surface area is 113 Å². The number of imidazole rings is 1. The van der Waals surface area contributed by atoms with E-state index in [1.165, 1.54) is 5.69 Å². The number of aromatic nitrogens is 3. The fourth-order valence-corrected chi connectivity index (χ4v) is 2.72. The highest BCUT2D eigenvalue weighted by atomic mass is 15.2. The zero-order valence-corrected chi connectivity index (χ0v) is 11.8. The van der Waals surface area contributed by atoms with Crippen LogP contribution in [0.1, 0.15) is 24.0 Å². The van der Waals surface area contributed by atoms with E-state index in [4.69, 9.17) is 0 Å². The number of nitrogens with one attached hydrogen (secondary N) is 1. The molecule has 0 radical (unpaired) electrons. The van der Waals surface area contributed by atoms with Crippen molar-refractivity contribution < 1.29 is 0 Å². The number of rotatable bonds is 2. The molecule has 102 valence electrons. The average molecular weight is 259 g/mol. The van der Waals surface area contributed by atoms with Crippen molar-refractivity contribution in [3.05, 3.63) is 29.3 Å². The monoisotopic (exact) mass is 259 g/mol. The van der Waals surface area contributed by atoms with Crippen molar-refractivity contribution in [2.24, 2.45) is 0 Å². The van der Waals surface area contributed by atoms with E-state index >= 15 is 0 Å². The number of nitrogens with zero attached hydrogens (tertiary/aromatic N) is 4. The lowest BCUT2D eigenvalue weighted by Crippen LogP contribution is -2.49. The molecule has 0 spiro atoms. The van der Waals surface area contributed by atoms with Crippen LogP contribution in [-0.2, 0) is 6.54 Å². The topological polar surface area (TPSA) is 45.5 Å². The Morgan fingerprint density at radius 1 is 1.37 bits per heavy atom. The number of hydrogen-bond acceptors (Lipinski definition) is 4. The second-order valence-electron chi connectivity index (χ2n) is 5.46. The predicted molar refractivity (Wildman–Crippen MR) is 75.2 cm³/mol. The van der Waals surface area contributed by atoms with E-state index in [9.17, 15) is 0 Å². The van der Waals surface area contributed by atoms with Gasteiger partial charge in [-0.15, -0.1) is 0 Å². The van der Waals surface area contributed by atoms with Crippen LogP contribution in [0.2, 0.25) is 0 Å². The highest BCUT2D eigenvalue weighted by Crippen LogP contribution is 2.12. The molecule has 0 aromatic carbocycles. The van der Waals surface area contributed by atoms with Crippen LogP contribution in [0.5, 0.6) is 0 Å². The molecule has 0 amide bonds. The van der Waals surface area contributed by atoms with E-state index in [2.05, 4.69) is 50.7 Å². The quantitative estimate of drug-likeness (QED) is 0.878. The summed E-state index contributed by atoms with van der Waals surface area (Å²) in [4.78, 5) is 11.6. The summed E-state index contributed by atoms with van der Waals surface area (Å²) in [6.07, 6.45) is 2.12. The lowest BCUT2D eigenvalue weighted by Gasteiger charge is -2.33. The Bertz CT molecular complexity index is 589. The molecule has 5 heteroatoms. The molecule has 2 aromatic heterocycles. The molecular formula is C14H21N5. The Morgan fingerprint density at radius 3 is 3.00 bits per heavy atom. The largest absolute Gasteiger partial charge is 0.314 e. The maximum Gasteiger partial charge on any atom is 0.234 e. The molecule has 0 unspecified atom stereocenters. The van der Waals surface area contributed by atoms with Gasteiger partial charge < -0.3 is 5.32 Å². The van der Waals surface area contributed by atoms with Gasteiger partial charge in [0.25, 0.3) is 0 Å². The van der Waals surface area contributed by atoms with E-state index in [0.29, 0.717) is 6.04 Å². The molecule has 0 bridgehead atoms.